The van der Waals surface area contributed by atoms with Crippen molar-refractivity contribution in [1.82, 2.24) is 10.2 Å². The van der Waals surface area contributed by atoms with Crippen molar-refractivity contribution in [3.8, 4) is 0 Å². The topological polar surface area (TPSA) is 102 Å². The molecule has 0 aliphatic carbocycles. The molecule has 2 amide bonds. The van der Waals surface area contributed by atoms with Crippen LogP contribution in [0.2, 0.25) is 5.02 Å². The number of esters is 1. The van der Waals surface area contributed by atoms with Crippen molar-refractivity contribution in [1.29, 1.82) is 0 Å². The van der Waals surface area contributed by atoms with Crippen molar-refractivity contribution in [2.45, 2.75) is 32.9 Å². The van der Waals surface area contributed by atoms with Crippen LogP contribution >= 0.6 is 11.6 Å². The van der Waals surface area contributed by atoms with E-state index in [9.17, 15) is 19.7 Å². The third-order valence-corrected chi connectivity index (χ3v) is 4.27. The summed E-state index contributed by atoms with van der Waals surface area (Å²) in [7, 11) is 1.24. The highest BCUT2D eigenvalue weighted by Gasteiger charge is 2.37. The Hall–Kier alpha value is -2.61. The summed E-state index contributed by atoms with van der Waals surface area (Å²) in [4.78, 5) is 36.7. The molecule has 1 N–H and O–H groups in total. The number of halogens is 1. The lowest BCUT2D eigenvalue weighted by Crippen LogP contribution is -2.50. The Kier molecular flexibility index (Phi) is 5.32. The van der Waals surface area contributed by atoms with Crippen LogP contribution in [0.25, 0.3) is 0 Å². The van der Waals surface area contributed by atoms with E-state index in [1.54, 1.807) is 6.92 Å². The molecule has 2 rings (SSSR count). The number of ether oxygens (including phenoxy) is 1. The first kappa shape index (κ1) is 18.7. The summed E-state index contributed by atoms with van der Waals surface area (Å²) in [6.07, 6.45) is 0. The smallest absolute Gasteiger partial charge is 0.337 e. The first-order valence-electron chi connectivity index (χ1n) is 7.51. The summed E-state index contributed by atoms with van der Waals surface area (Å²) in [6, 6.07) is 2.69. The van der Waals surface area contributed by atoms with Gasteiger partial charge in [0.15, 0.2) is 0 Å². The highest BCUT2D eigenvalue weighted by Crippen LogP contribution is 2.35. The van der Waals surface area contributed by atoms with Gasteiger partial charge in [-0.3, -0.25) is 15.0 Å². The molecular weight excluding hydrogens is 350 g/mol. The van der Waals surface area contributed by atoms with Gasteiger partial charge in [-0.25, -0.2) is 9.59 Å². The van der Waals surface area contributed by atoms with Crippen LogP contribution in [-0.2, 0) is 9.53 Å². The predicted octanol–water partition coefficient (Wildman–Crippen LogP) is 3.17. The predicted molar refractivity (Wildman–Crippen MR) is 91.1 cm³/mol. The van der Waals surface area contributed by atoms with Gasteiger partial charge < -0.3 is 10.1 Å². The number of rotatable bonds is 4. The molecule has 0 bridgehead atoms. The molecule has 0 fully saturated rings. The summed E-state index contributed by atoms with van der Waals surface area (Å²) in [6.45, 7) is 5.26. The maximum absolute atomic E-state index is 12.4. The summed E-state index contributed by atoms with van der Waals surface area (Å²) >= 11 is 5.84. The van der Waals surface area contributed by atoms with Crippen molar-refractivity contribution >= 4 is 29.3 Å². The fraction of sp³-hybridized carbons (Fsp3) is 0.375. The normalized spacial score (nSPS) is 17.6. The quantitative estimate of drug-likeness (QED) is 0.500. The van der Waals surface area contributed by atoms with Crippen LogP contribution in [0.5, 0.6) is 0 Å². The van der Waals surface area contributed by atoms with Crippen molar-refractivity contribution < 1.29 is 19.2 Å². The largest absolute Gasteiger partial charge is 0.466 e. The van der Waals surface area contributed by atoms with Gasteiger partial charge in [-0.1, -0.05) is 17.7 Å². The maximum atomic E-state index is 12.4. The standard InChI is InChI=1S/C16H18ClN3O5/c1-8(2)19-9(3)13(15(21)25-4)14(18-16(19)22)10-5-6-11(17)12(7-10)20(23)24/h5-8,14H,1-4H3,(H,18,22)/t14-/m0/s1. The van der Waals surface area contributed by atoms with E-state index in [1.165, 1.54) is 30.2 Å². The molecule has 1 atom stereocenters. The Morgan fingerprint density at radius 2 is 2.08 bits per heavy atom. The molecule has 134 valence electrons. The number of carbonyl (C=O) groups is 2. The Labute approximate surface area is 149 Å². The van der Waals surface area contributed by atoms with Crippen molar-refractivity contribution in [3.63, 3.8) is 0 Å². The number of nitrogens with zero attached hydrogens (tertiary/aromatic N) is 2. The zero-order chi connectivity index (χ0) is 18.9. The number of hydrogen-bond acceptors (Lipinski definition) is 5. The van der Waals surface area contributed by atoms with Gasteiger partial charge in [0.05, 0.1) is 23.6 Å². The van der Waals surface area contributed by atoms with Crippen LogP contribution in [0.15, 0.2) is 29.5 Å². The van der Waals surface area contributed by atoms with E-state index in [4.69, 9.17) is 16.3 Å². The minimum Gasteiger partial charge on any atom is -0.466 e. The monoisotopic (exact) mass is 367 g/mol. The highest BCUT2D eigenvalue weighted by atomic mass is 35.5. The molecule has 25 heavy (non-hydrogen) atoms. The number of urea groups is 1. The second-order valence-electron chi connectivity index (χ2n) is 5.80. The van der Waals surface area contributed by atoms with E-state index >= 15 is 0 Å². The van der Waals surface area contributed by atoms with E-state index in [2.05, 4.69) is 5.32 Å². The van der Waals surface area contributed by atoms with Gasteiger partial charge in [-0.15, -0.1) is 0 Å². The number of allylic oxidation sites excluding steroid dienone is 1. The third-order valence-electron chi connectivity index (χ3n) is 3.95. The lowest BCUT2D eigenvalue weighted by Gasteiger charge is -2.37. The summed E-state index contributed by atoms with van der Waals surface area (Å²) < 4.78 is 4.84. The number of amides is 2. The lowest BCUT2D eigenvalue weighted by atomic mass is 9.94. The molecule has 1 heterocycles. The van der Waals surface area contributed by atoms with Crippen LogP contribution in [0.4, 0.5) is 10.5 Å². The minimum atomic E-state index is -0.870. The molecule has 0 aromatic heterocycles. The molecule has 9 heteroatoms. The number of nitrogens with one attached hydrogen (secondary N) is 1. The molecule has 0 saturated carbocycles. The Morgan fingerprint density at radius 3 is 2.60 bits per heavy atom. The average molecular weight is 368 g/mol. The molecule has 0 radical (unpaired) electrons. The van der Waals surface area contributed by atoms with Crippen molar-refractivity contribution in [3.05, 3.63) is 50.2 Å². The molecule has 1 aromatic rings. The first-order chi connectivity index (χ1) is 11.7. The Balaban J connectivity index is 2.63. The van der Waals surface area contributed by atoms with Crippen molar-refractivity contribution in [2.75, 3.05) is 7.11 Å². The zero-order valence-corrected chi connectivity index (χ0v) is 15.0. The number of carbonyl (C=O) groups excluding carboxylic acids is 2. The SMILES string of the molecule is COC(=O)C1=C(C)N(C(C)C)C(=O)N[C@H]1c1ccc(Cl)c([N+](=O)[O-])c1. The van der Waals surface area contributed by atoms with Crippen LogP contribution in [0.1, 0.15) is 32.4 Å². The molecule has 1 aromatic carbocycles. The van der Waals surface area contributed by atoms with E-state index in [1.807, 2.05) is 13.8 Å². The molecule has 1 aliphatic heterocycles. The van der Waals surface area contributed by atoms with Crippen LogP contribution < -0.4 is 5.32 Å². The van der Waals surface area contributed by atoms with E-state index < -0.39 is 23.0 Å². The zero-order valence-electron chi connectivity index (χ0n) is 14.2. The first-order valence-corrected chi connectivity index (χ1v) is 7.89. The van der Waals surface area contributed by atoms with Gasteiger partial charge in [-0.2, -0.15) is 0 Å². The molecular formula is C16H18ClN3O5. The average Bonchev–Trinajstić information content (AvgIpc) is 2.53. The summed E-state index contributed by atoms with van der Waals surface area (Å²) in [5.41, 5.74) is 0.717. The van der Waals surface area contributed by atoms with Crippen molar-refractivity contribution in [2.24, 2.45) is 0 Å². The summed E-state index contributed by atoms with van der Waals surface area (Å²) in [5, 5.41) is 13.8. The number of benzene rings is 1. The van der Waals surface area contributed by atoms with Crippen LogP contribution in [0, 0.1) is 10.1 Å². The van der Waals surface area contributed by atoms with Gasteiger partial charge in [0.1, 0.15) is 5.02 Å². The molecule has 0 saturated heterocycles. The number of nitro groups is 1. The van der Waals surface area contributed by atoms with Gasteiger partial charge in [0.25, 0.3) is 5.69 Å². The summed E-state index contributed by atoms with van der Waals surface area (Å²) in [5.74, 6) is -0.620. The number of methoxy groups -OCH3 is 1. The fourth-order valence-corrected chi connectivity index (χ4v) is 3.04. The van der Waals surface area contributed by atoms with Gasteiger partial charge >= 0.3 is 12.0 Å². The Bertz CT molecular complexity index is 775. The van der Waals surface area contributed by atoms with E-state index in [0.29, 0.717) is 11.3 Å². The minimum absolute atomic E-state index is 0.0278. The van der Waals surface area contributed by atoms with Gasteiger partial charge in [0, 0.05) is 17.8 Å². The van der Waals surface area contributed by atoms with E-state index in [-0.39, 0.29) is 22.3 Å². The lowest BCUT2D eigenvalue weighted by molar-refractivity contribution is -0.384. The van der Waals surface area contributed by atoms with Gasteiger partial charge in [-0.05, 0) is 32.4 Å². The van der Waals surface area contributed by atoms with Crippen LogP contribution in [0.3, 0.4) is 0 Å². The molecule has 8 nitrogen and oxygen atoms in total. The number of nitro benzene ring substituents is 1. The van der Waals surface area contributed by atoms with Crippen LogP contribution in [-0.4, -0.2) is 35.0 Å². The second-order valence-corrected chi connectivity index (χ2v) is 6.21. The fourth-order valence-electron chi connectivity index (χ4n) is 2.85. The molecule has 0 spiro atoms. The molecule has 1 aliphatic rings. The maximum Gasteiger partial charge on any atom is 0.337 e. The van der Waals surface area contributed by atoms with Gasteiger partial charge in [0.2, 0.25) is 0 Å². The highest BCUT2D eigenvalue weighted by molar-refractivity contribution is 6.32. The second kappa shape index (κ2) is 7.10. The molecule has 0 unspecified atom stereocenters. The number of hydrogen-bond donors (Lipinski definition) is 1. The van der Waals surface area contributed by atoms with E-state index in [0.717, 1.165) is 0 Å². The Morgan fingerprint density at radius 1 is 1.44 bits per heavy atom. The third kappa shape index (κ3) is 3.43.